The fraction of sp³-hybridized carbons (Fsp3) is 0.533. The van der Waals surface area contributed by atoms with Crippen LogP contribution in [0.15, 0.2) is 24.3 Å². The third kappa shape index (κ3) is 3.10. The lowest BCUT2D eigenvalue weighted by atomic mass is 9.92. The van der Waals surface area contributed by atoms with Gasteiger partial charge in [0.15, 0.2) is 0 Å². The van der Waals surface area contributed by atoms with Crippen LogP contribution >= 0.6 is 0 Å². The number of hydrogen-bond donors (Lipinski definition) is 2. The molecule has 3 nitrogen and oxygen atoms in total. The van der Waals surface area contributed by atoms with Crippen LogP contribution < -0.4 is 10.6 Å². The normalized spacial score (nSPS) is 23.7. The van der Waals surface area contributed by atoms with Gasteiger partial charge in [0, 0.05) is 17.6 Å². The molecule has 98 valence electrons. The molecule has 1 saturated heterocycles. The number of amides is 1. The SMILES string of the molecule is CCc1ccccc1NC(=O)C1CCNC(C)C1. The van der Waals surface area contributed by atoms with Crippen molar-refractivity contribution in [1.82, 2.24) is 5.32 Å². The van der Waals surface area contributed by atoms with Crippen molar-refractivity contribution in [1.29, 1.82) is 0 Å². The largest absolute Gasteiger partial charge is 0.326 e. The summed E-state index contributed by atoms with van der Waals surface area (Å²) >= 11 is 0. The Morgan fingerprint density at radius 1 is 1.44 bits per heavy atom. The minimum absolute atomic E-state index is 0.145. The summed E-state index contributed by atoms with van der Waals surface area (Å²) in [6.07, 6.45) is 2.81. The third-order valence-corrected chi connectivity index (χ3v) is 3.65. The number of aryl methyl sites for hydroxylation is 1. The van der Waals surface area contributed by atoms with E-state index in [2.05, 4.69) is 30.5 Å². The van der Waals surface area contributed by atoms with Gasteiger partial charge in [-0.3, -0.25) is 4.79 Å². The second-order valence-corrected chi connectivity index (χ2v) is 5.08. The fourth-order valence-corrected chi connectivity index (χ4v) is 2.56. The monoisotopic (exact) mass is 246 g/mol. The summed E-state index contributed by atoms with van der Waals surface area (Å²) in [5, 5.41) is 6.46. The Balaban J connectivity index is 2.02. The highest BCUT2D eigenvalue weighted by molar-refractivity contribution is 5.93. The zero-order valence-electron chi connectivity index (χ0n) is 11.2. The molecule has 0 aromatic heterocycles. The van der Waals surface area contributed by atoms with Crippen molar-refractivity contribution in [2.75, 3.05) is 11.9 Å². The van der Waals surface area contributed by atoms with Gasteiger partial charge in [-0.25, -0.2) is 0 Å². The lowest BCUT2D eigenvalue weighted by Gasteiger charge is -2.27. The molecular formula is C15H22N2O. The summed E-state index contributed by atoms with van der Waals surface area (Å²) in [6, 6.07) is 8.49. The maximum Gasteiger partial charge on any atom is 0.227 e. The molecule has 3 heteroatoms. The van der Waals surface area contributed by atoms with E-state index in [0.29, 0.717) is 6.04 Å². The van der Waals surface area contributed by atoms with Crippen LogP contribution in [0.4, 0.5) is 5.69 Å². The molecule has 1 amide bonds. The molecule has 0 radical (unpaired) electrons. The van der Waals surface area contributed by atoms with Gasteiger partial charge in [0.25, 0.3) is 0 Å². The molecular weight excluding hydrogens is 224 g/mol. The molecule has 1 aromatic carbocycles. The molecule has 1 heterocycles. The van der Waals surface area contributed by atoms with E-state index < -0.39 is 0 Å². The highest BCUT2D eigenvalue weighted by Gasteiger charge is 2.24. The van der Waals surface area contributed by atoms with Crippen molar-refractivity contribution in [3.05, 3.63) is 29.8 Å². The fourth-order valence-electron chi connectivity index (χ4n) is 2.56. The van der Waals surface area contributed by atoms with Gasteiger partial charge in [0.1, 0.15) is 0 Å². The van der Waals surface area contributed by atoms with Gasteiger partial charge in [-0.05, 0) is 44.4 Å². The number of piperidine rings is 1. The quantitative estimate of drug-likeness (QED) is 0.860. The number of nitrogens with one attached hydrogen (secondary N) is 2. The number of anilines is 1. The first kappa shape index (κ1) is 13.1. The maximum atomic E-state index is 12.2. The van der Waals surface area contributed by atoms with Crippen molar-refractivity contribution < 1.29 is 4.79 Å². The lowest BCUT2D eigenvalue weighted by molar-refractivity contribution is -0.120. The number of para-hydroxylation sites is 1. The van der Waals surface area contributed by atoms with Gasteiger partial charge in [-0.1, -0.05) is 25.1 Å². The van der Waals surface area contributed by atoms with Crippen molar-refractivity contribution in [2.45, 2.75) is 39.2 Å². The summed E-state index contributed by atoms with van der Waals surface area (Å²) in [5.74, 6) is 0.315. The molecule has 0 bridgehead atoms. The van der Waals surface area contributed by atoms with E-state index in [-0.39, 0.29) is 11.8 Å². The molecule has 1 aromatic rings. The third-order valence-electron chi connectivity index (χ3n) is 3.65. The number of benzene rings is 1. The van der Waals surface area contributed by atoms with E-state index in [0.717, 1.165) is 31.5 Å². The Bertz CT molecular complexity index is 417. The molecule has 1 aliphatic rings. The zero-order valence-corrected chi connectivity index (χ0v) is 11.2. The van der Waals surface area contributed by atoms with Crippen LogP contribution in [-0.2, 0) is 11.2 Å². The topological polar surface area (TPSA) is 41.1 Å². The summed E-state index contributed by atoms with van der Waals surface area (Å²) < 4.78 is 0. The smallest absolute Gasteiger partial charge is 0.227 e. The Labute approximate surface area is 109 Å². The molecule has 1 fully saturated rings. The zero-order chi connectivity index (χ0) is 13.0. The average molecular weight is 246 g/mol. The average Bonchev–Trinajstić information content (AvgIpc) is 2.39. The molecule has 1 aliphatic heterocycles. The van der Waals surface area contributed by atoms with Crippen LogP contribution in [0, 0.1) is 5.92 Å². The van der Waals surface area contributed by atoms with Crippen LogP contribution in [0.5, 0.6) is 0 Å². The van der Waals surface area contributed by atoms with E-state index in [1.54, 1.807) is 0 Å². The van der Waals surface area contributed by atoms with Crippen LogP contribution in [-0.4, -0.2) is 18.5 Å². The number of hydrogen-bond acceptors (Lipinski definition) is 2. The molecule has 0 spiro atoms. The highest BCUT2D eigenvalue weighted by Crippen LogP contribution is 2.21. The highest BCUT2D eigenvalue weighted by atomic mass is 16.1. The first-order chi connectivity index (χ1) is 8.70. The van der Waals surface area contributed by atoms with E-state index >= 15 is 0 Å². The van der Waals surface area contributed by atoms with Crippen LogP contribution in [0.2, 0.25) is 0 Å². The van der Waals surface area contributed by atoms with Gasteiger partial charge < -0.3 is 10.6 Å². The van der Waals surface area contributed by atoms with E-state index in [9.17, 15) is 4.79 Å². The Morgan fingerprint density at radius 2 is 2.22 bits per heavy atom. The van der Waals surface area contributed by atoms with Crippen molar-refractivity contribution in [3.63, 3.8) is 0 Å². The van der Waals surface area contributed by atoms with Crippen LogP contribution in [0.25, 0.3) is 0 Å². The second kappa shape index (κ2) is 6.01. The standard InChI is InChI=1S/C15H22N2O/c1-3-12-6-4-5-7-14(12)17-15(18)13-8-9-16-11(2)10-13/h4-7,11,13,16H,3,8-10H2,1-2H3,(H,17,18). The summed E-state index contributed by atoms with van der Waals surface area (Å²) in [4.78, 5) is 12.2. The predicted octanol–water partition coefficient (Wildman–Crippen LogP) is 2.58. The number of carbonyl (C=O) groups is 1. The Kier molecular flexibility index (Phi) is 4.37. The lowest BCUT2D eigenvalue weighted by Crippen LogP contribution is -2.40. The van der Waals surface area contributed by atoms with Gasteiger partial charge in [-0.15, -0.1) is 0 Å². The van der Waals surface area contributed by atoms with Crippen molar-refractivity contribution >= 4 is 11.6 Å². The molecule has 18 heavy (non-hydrogen) atoms. The minimum atomic E-state index is 0.145. The maximum absolute atomic E-state index is 12.2. The predicted molar refractivity (Wildman–Crippen MR) is 74.6 cm³/mol. The Hall–Kier alpha value is -1.35. The summed E-state index contributed by atoms with van der Waals surface area (Å²) in [5.41, 5.74) is 2.17. The molecule has 2 atom stereocenters. The molecule has 0 saturated carbocycles. The Morgan fingerprint density at radius 3 is 2.94 bits per heavy atom. The number of rotatable bonds is 3. The van der Waals surface area contributed by atoms with Crippen molar-refractivity contribution in [3.8, 4) is 0 Å². The van der Waals surface area contributed by atoms with E-state index in [1.165, 1.54) is 5.56 Å². The molecule has 2 N–H and O–H groups in total. The second-order valence-electron chi connectivity index (χ2n) is 5.08. The number of carbonyl (C=O) groups excluding carboxylic acids is 1. The van der Waals surface area contributed by atoms with Gasteiger partial charge in [0.2, 0.25) is 5.91 Å². The van der Waals surface area contributed by atoms with Gasteiger partial charge in [0.05, 0.1) is 0 Å². The van der Waals surface area contributed by atoms with Gasteiger partial charge in [-0.2, -0.15) is 0 Å². The summed E-state index contributed by atoms with van der Waals surface area (Å²) in [6.45, 7) is 5.19. The van der Waals surface area contributed by atoms with Crippen LogP contribution in [0.3, 0.4) is 0 Å². The molecule has 0 aliphatic carbocycles. The minimum Gasteiger partial charge on any atom is -0.326 e. The first-order valence-corrected chi connectivity index (χ1v) is 6.83. The van der Waals surface area contributed by atoms with E-state index in [1.807, 2.05) is 18.2 Å². The van der Waals surface area contributed by atoms with E-state index in [4.69, 9.17) is 0 Å². The molecule has 2 unspecified atom stereocenters. The summed E-state index contributed by atoms with van der Waals surface area (Å²) in [7, 11) is 0. The van der Waals surface area contributed by atoms with Crippen LogP contribution in [0.1, 0.15) is 32.3 Å². The molecule has 2 rings (SSSR count). The first-order valence-electron chi connectivity index (χ1n) is 6.83. The van der Waals surface area contributed by atoms with Crippen molar-refractivity contribution in [2.24, 2.45) is 5.92 Å². The van der Waals surface area contributed by atoms with Gasteiger partial charge >= 0.3 is 0 Å².